The minimum absolute atomic E-state index is 0.254. The van der Waals surface area contributed by atoms with Gasteiger partial charge in [0.05, 0.1) is 0 Å². The van der Waals surface area contributed by atoms with E-state index >= 15 is 0 Å². The second-order valence-corrected chi connectivity index (χ2v) is 4.13. The molecule has 0 aliphatic rings. The van der Waals surface area contributed by atoms with E-state index in [-0.39, 0.29) is 23.6 Å². The van der Waals surface area contributed by atoms with E-state index in [1.54, 1.807) is 19.2 Å². The van der Waals surface area contributed by atoms with E-state index in [9.17, 15) is 14.0 Å². The summed E-state index contributed by atoms with van der Waals surface area (Å²) in [7, 11) is 1.59. The molecule has 6 heteroatoms. The van der Waals surface area contributed by atoms with Crippen molar-refractivity contribution in [1.82, 2.24) is 9.13 Å². The van der Waals surface area contributed by atoms with Crippen LogP contribution in [0.2, 0.25) is 0 Å². The molecule has 0 atom stereocenters. The standard InChI is InChI=1S/C13H14FN3O2/c1-16-8-6-12(18)17(13(16)19)9-7-15-11-4-2-10(14)3-5-11/h2-6,8,15H,7,9H2,1H3. The van der Waals surface area contributed by atoms with Crippen molar-refractivity contribution in [3.05, 3.63) is 63.2 Å². The van der Waals surface area contributed by atoms with E-state index in [2.05, 4.69) is 5.32 Å². The van der Waals surface area contributed by atoms with Gasteiger partial charge in [-0.05, 0) is 24.3 Å². The molecule has 2 aromatic rings. The number of benzene rings is 1. The lowest BCUT2D eigenvalue weighted by Gasteiger charge is -2.08. The maximum atomic E-state index is 12.7. The van der Waals surface area contributed by atoms with Crippen LogP contribution in [-0.4, -0.2) is 15.7 Å². The fraction of sp³-hybridized carbons (Fsp3) is 0.231. The maximum absolute atomic E-state index is 12.7. The quantitative estimate of drug-likeness (QED) is 0.887. The molecule has 0 unspecified atom stereocenters. The Morgan fingerprint density at radius 1 is 1.16 bits per heavy atom. The molecule has 19 heavy (non-hydrogen) atoms. The molecule has 2 rings (SSSR count). The summed E-state index contributed by atoms with van der Waals surface area (Å²) in [5.41, 5.74) is 0.0552. The molecule has 0 bridgehead atoms. The third-order valence-electron chi connectivity index (χ3n) is 2.75. The highest BCUT2D eigenvalue weighted by Gasteiger charge is 2.02. The average Bonchev–Trinajstić information content (AvgIpc) is 2.40. The van der Waals surface area contributed by atoms with Gasteiger partial charge in [-0.2, -0.15) is 0 Å². The van der Waals surface area contributed by atoms with Gasteiger partial charge in [0, 0.05) is 38.1 Å². The zero-order valence-corrected chi connectivity index (χ0v) is 10.5. The first-order valence-corrected chi connectivity index (χ1v) is 5.84. The Labute approximate surface area is 108 Å². The van der Waals surface area contributed by atoms with Crippen molar-refractivity contribution in [2.45, 2.75) is 6.54 Å². The molecular formula is C13H14FN3O2. The summed E-state index contributed by atoms with van der Waals surface area (Å²) in [5, 5.41) is 3.02. The van der Waals surface area contributed by atoms with Crippen LogP contribution in [0, 0.1) is 5.82 Å². The van der Waals surface area contributed by atoms with Crippen molar-refractivity contribution in [3.8, 4) is 0 Å². The van der Waals surface area contributed by atoms with Gasteiger partial charge in [0.15, 0.2) is 0 Å². The van der Waals surface area contributed by atoms with Crippen molar-refractivity contribution in [1.29, 1.82) is 0 Å². The Bertz CT molecular complexity index is 674. The molecular weight excluding hydrogens is 249 g/mol. The van der Waals surface area contributed by atoms with Crippen LogP contribution in [0.5, 0.6) is 0 Å². The topological polar surface area (TPSA) is 56.0 Å². The zero-order chi connectivity index (χ0) is 13.8. The molecule has 0 radical (unpaired) electrons. The number of anilines is 1. The summed E-state index contributed by atoms with van der Waals surface area (Å²) in [4.78, 5) is 23.3. The zero-order valence-electron chi connectivity index (χ0n) is 10.5. The second-order valence-electron chi connectivity index (χ2n) is 4.13. The summed E-state index contributed by atoms with van der Waals surface area (Å²) in [6, 6.07) is 7.23. The molecule has 1 N–H and O–H groups in total. The van der Waals surface area contributed by atoms with Gasteiger partial charge in [-0.15, -0.1) is 0 Å². The van der Waals surface area contributed by atoms with Gasteiger partial charge in [-0.1, -0.05) is 0 Å². The molecule has 1 aromatic heterocycles. The average molecular weight is 263 g/mol. The van der Waals surface area contributed by atoms with Gasteiger partial charge in [-0.25, -0.2) is 9.18 Å². The molecule has 0 spiro atoms. The molecule has 0 amide bonds. The first-order chi connectivity index (χ1) is 9.08. The first-order valence-electron chi connectivity index (χ1n) is 5.84. The first kappa shape index (κ1) is 13.1. The lowest BCUT2D eigenvalue weighted by Crippen LogP contribution is -2.39. The Kier molecular flexibility index (Phi) is 3.79. The molecule has 1 aromatic carbocycles. The summed E-state index contributed by atoms with van der Waals surface area (Å²) in [5.74, 6) is -0.307. The van der Waals surface area contributed by atoms with Crippen LogP contribution in [0.15, 0.2) is 46.1 Å². The highest BCUT2D eigenvalue weighted by atomic mass is 19.1. The van der Waals surface area contributed by atoms with Crippen LogP contribution in [0.4, 0.5) is 10.1 Å². The summed E-state index contributed by atoms with van der Waals surface area (Å²) in [6.07, 6.45) is 1.44. The Balaban J connectivity index is 2.04. The van der Waals surface area contributed by atoms with Gasteiger partial charge in [0.2, 0.25) is 0 Å². The van der Waals surface area contributed by atoms with Crippen LogP contribution in [0.1, 0.15) is 0 Å². The minimum Gasteiger partial charge on any atom is -0.383 e. The predicted molar refractivity (Wildman–Crippen MR) is 70.8 cm³/mol. The fourth-order valence-electron chi connectivity index (χ4n) is 1.70. The van der Waals surface area contributed by atoms with Gasteiger partial charge in [-0.3, -0.25) is 9.36 Å². The van der Waals surface area contributed by atoms with Gasteiger partial charge in [0.1, 0.15) is 5.82 Å². The Morgan fingerprint density at radius 3 is 2.53 bits per heavy atom. The molecule has 0 aliphatic heterocycles. The van der Waals surface area contributed by atoms with Crippen LogP contribution < -0.4 is 16.6 Å². The fourth-order valence-corrected chi connectivity index (χ4v) is 1.70. The number of hydrogen-bond acceptors (Lipinski definition) is 3. The largest absolute Gasteiger partial charge is 0.383 e. The molecule has 100 valence electrons. The molecule has 0 saturated heterocycles. The van der Waals surface area contributed by atoms with Crippen molar-refractivity contribution in [3.63, 3.8) is 0 Å². The van der Waals surface area contributed by atoms with Crippen molar-refractivity contribution in [2.75, 3.05) is 11.9 Å². The molecule has 1 heterocycles. The SMILES string of the molecule is Cn1ccc(=O)n(CCNc2ccc(F)cc2)c1=O. The number of nitrogens with zero attached hydrogens (tertiary/aromatic N) is 2. The van der Waals surface area contributed by atoms with Crippen molar-refractivity contribution < 1.29 is 4.39 Å². The number of aromatic nitrogens is 2. The van der Waals surface area contributed by atoms with E-state index in [1.165, 1.54) is 29.0 Å². The van der Waals surface area contributed by atoms with Crippen LogP contribution in [0.25, 0.3) is 0 Å². The van der Waals surface area contributed by atoms with Crippen LogP contribution in [-0.2, 0) is 13.6 Å². The number of rotatable bonds is 4. The van der Waals surface area contributed by atoms with E-state index in [1.807, 2.05) is 0 Å². The minimum atomic E-state index is -0.353. The third kappa shape index (κ3) is 3.09. The number of hydrogen-bond donors (Lipinski definition) is 1. The monoisotopic (exact) mass is 263 g/mol. The van der Waals surface area contributed by atoms with E-state index < -0.39 is 0 Å². The number of nitrogens with one attached hydrogen (secondary N) is 1. The third-order valence-corrected chi connectivity index (χ3v) is 2.75. The van der Waals surface area contributed by atoms with Crippen LogP contribution >= 0.6 is 0 Å². The predicted octanol–water partition coefficient (Wildman–Crippen LogP) is 0.798. The molecule has 0 fully saturated rings. The smallest absolute Gasteiger partial charge is 0.330 e. The van der Waals surface area contributed by atoms with Crippen molar-refractivity contribution in [2.24, 2.45) is 7.05 Å². The normalized spacial score (nSPS) is 10.4. The van der Waals surface area contributed by atoms with Gasteiger partial charge >= 0.3 is 5.69 Å². The number of halogens is 1. The summed E-state index contributed by atoms with van der Waals surface area (Å²) in [6.45, 7) is 0.661. The van der Waals surface area contributed by atoms with Crippen LogP contribution in [0.3, 0.4) is 0 Å². The highest BCUT2D eigenvalue weighted by molar-refractivity contribution is 5.42. The lowest BCUT2D eigenvalue weighted by molar-refractivity contribution is 0.606. The number of aryl methyl sites for hydroxylation is 1. The van der Waals surface area contributed by atoms with Gasteiger partial charge in [0.25, 0.3) is 5.56 Å². The Morgan fingerprint density at radius 2 is 1.84 bits per heavy atom. The lowest BCUT2D eigenvalue weighted by atomic mass is 10.3. The molecule has 0 saturated carbocycles. The maximum Gasteiger partial charge on any atom is 0.330 e. The highest BCUT2D eigenvalue weighted by Crippen LogP contribution is 2.07. The van der Waals surface area contributed by atoms with Gasteiger partial charge < -0.3 is 9.88 Å². The summed E-state index contributed by atoms with van der Waals surface area (Å²) < 4.78 is 15.2. The van der Waals surface area contributed by atoms with E-state index in [0.717, 1.165) is 10.3 Å². The Hall–Kier alpha value is -2.37. The van der Waals surface area contributed by atoms with E-state index in [4.69, 9.17) is 0 Å². The van der Waals surface area contributed by atoms with Crippen molar-refractivity contribution >= 4 is 5.69 Å². The second kappa shape index (κ2) is 5.51. The summed E-state index contributed by atoms with van der Waals surface area (Å²) >= 11 is 0. The molecule has 5 nitrogen and oxygen atoms in total. The van der Waals surface area contributed by atoms with E-state index in [0.29, 0.717) is 6.54 Å². The molecule has 0 aliphatic carbocycles.